The van der Waals surface area contributed by atoms with Crippen LogP contribution in [-0.2, 0) is 6.18 Å². The molecule has 2 aromatic rings. The maximum atomic E-state index is 14.0. The molecule has 5 nitrogen and oxygen atoms in total. The molecule has 0 radical (unpaired) electrons. The lowest BCUT2D eigenvalue weighted by Crippen LogP contribution is -2.55. The number of nitrogens with zero attached hydrogens (tertiary/aromatic N) is 3. The smallest absolute Gasteiger partial charge is 0.367 e. The Balaban J connectivity index is 1.94. The highest BCUT2D eigenvalue weighted by Crippen LogP contribution is 2.35. The van der Waals surface area contributed by atoms with E-state index >= 15 is 0 Å². The van der Waals surface area contributed by atoms with Crippen LogP contribution < -0.4 is 10.2 Å². The van der Waals surface area contributed by atoms with Crippen LogP contribution in [0.5, 0.6) is 0 Å². The molecule has 30 heavy (non-hydrogen) atoms. The van der Waals surface area contributed by atoms with Gasteiger partial charge in [0.05, 0.1) is 22.5 Å². The number of aromatic nitrogens is 1. The summed E-state index contributed by atoms with van der Waals surface area (Å²) in [5.41, 5.74) is -1.23. The van der Waals surface area contributed by atoms with E-state index in [1.807, 2.05) is 25.8 Å². The quantitative estimate of drug-likeness (QED) is 0.552. The van der Waals surface area contributed by atoms with Crippen molar-refractivity contribution in [3.05, 3.63) is 52.6 Å². The number of nitrogens with one attached hydrogen (secondary N) is 1. The summed E-state index contributed by atoms with van der Waals surface area (Å²) in [6, 6.07) is 4.69. The van der Waals surface area contributed by atoms with Crippen molar-refractivity contribution in [3.8, 4) is 0 Å². The Labute approximate surface area is 176 Å². The fourth-order valence-corrected chi connectivity index (χ4v) is 3.67. The SMILES string of the molecule is C[C@@H]1CN(c2cc(F)ccc2NC(=O)c2cnc(Cl)cc2C(F)(F)F)C[C@H](C)N1C. The molecule has 1 aromatic carbocycles. The minimum absolute atomic E-state index is 0.165. The molecule has 0 saturated carbocycles. The van der Waals surface area contributed by atoms with Crippen molar-refractivity contribution in [2.75, 3.05) is 30.4 Å². The van der Waals surface area contributed by atoms with Gasteiger partial charge in [-0.2, -0.15) is 13.2 Å². The zero-order valence-corrected chi connectivity index (χ0v) is 17.4. The van der Waals surface area contributed by atoms with Crippen LogP contribution in [0.1, 0.15) is 29.8 Å². The number of alkyl halides is 3. The Morgan fingerprint density at radius 1 is 1.20 bits per heavy atom. The molecule has 3 rings (SSSR count). The number of pyridine rings is 1. The van der Waals surface area contributed by atoms with Gasteiger partial charge < -0.3 is 10.2 Å². The Morgan fingerprint density at radius 3 is 2.43 bits per heavy atom. The normalized spacial score (nSPS) is 20.3. The van der Waals surface area contributed by atoms with Crippen LogP contribution in [0.3, 0.4) is 0 Å². The van der Waals surface area contributed by atoms with Crippen LogP contribution >= 0.6 is 11.6 Å². The molecule has 162 valence electrons. The number of rotatable bonds is 3. The third-order valence-electron chi connectivity index (χ3n) is 5.33. The van der Waals surface area contributed by atoms with Crippen molar-refractivity contribution >= 4 is 28.9 Å². The lowest BCUT2D eigenvalue weighted by Gasteiger charge is -2.44. The van der Waals surface area contributed by atoms with Crippen molar-refractivity contribution in [3.63, 3.8) is 0 Å². The Morgan fingerprint density at radius 2 is 1.83 bits per heavy atom. The molecule has 2 heterocycles. The molecule has 0 bridgehead atoms. The first kappa shape index (κ1) is 22.3. The molecular weight excluding hydrogens is 424 g/mol. The van der Waals surface area contributed by atoms with E-state index in [0.717, 1.165) is 12.3 Å². The molecule has 10 heteroatoms. The number of benzene rings is 1. The minimum Gasteiger partial charge on any atom is -0.367 e. The van der Waals surface area contributed by atoms with E-state index in [4.69, 9.17) is 11.6 Å². The maximum Gasteiger partial charge on any atom is 0.417 e. The van der Waals surface area contributed by atoms with Gasteiger partial charge in [-0.1, -0.05) is 11.6 Å². The van der Waals surface area contributed by atoms with Crippen LogP contribution in [0.4, 0.5) is 28.9 Å². The first-order valence-electron chi connectivity index (χ1n) is 9.28. The third kappa shape index (κ3) is 4.67. The van der Waals surface area contributed by atoms with E-state index < -0.39 is 29.0 Å². The average Bonchev–Trinajstić information content (AvgIpc) is 2.66. The number of carbonyl (C=O) groups is 1. The number of hydrogen-bond donors (Lipinski definition) is 1. The van der Waals surface area contributed by atoms with E-state index in [2.05, 4.69) is 15.2 Å². The van der Waals surface area contributed by atoms with Gasteiger partial charge in [0.25, 0.3) is 5.91 Å². The number of piperazine rings is 1. The van der Waals surface area contributed by atoms with Crippen LogP contribution in [0.25, 0.3) is 0 Å². The molecule has 0 aliphatic carbocycles. The molecule has 1 aliphatic rings. The predicted octanol–water partition coefficient (Wildman–Crippen LogP) is 4.67. The molecule has 1 amide bonds. The summed E-state index contributed by atoms with van der Waals surface area (Å²) in [6.07, 6.45) is -4.00. The Bertz CT molecular complexity index is 941. The van der Waals surface area contributed by atoms with Gasteiger partial charge in [0, 0.05) is 31.4 Å². The second kappa shape index (κ2) is 8.39. The second-order valence-electron chi connectivity index (χ2n) is 7.43. The van der Waals surface area contributed by atoms with Gasteiger partial charge in [-0.25, -0.2) is 9.37 Å². The first-order valence-corrected chi connectivity index (χ1v) is 9.65. The van der Waals surface area contributed by atoms with Gasteiger partial charge in [0.1, 0.15) is 11.0 Å². The van der Waals surface area contributed by atoms with Crippen molar-refractivity contribution < 1.29 is 22.4 Å². The largest absolute Gasteiger partial charge is 0.417 e. The topological polar surface area (TPSA) is 48.5 Å². The standard InChI is InChI=1S/C20H21ClF4N4O/c1-11-9-29(10-12(2)28(11)3)17-6-13(22)4-5-16(17)27-19(30)14-8-26-18(21)7-15(14)20(23,24)25/h4-8,11-12H,9-10H2,1-3H3,(H,27,30)/t11-,12+. The highest BCUT2D eigenvalue weighted by molar-refractivity contribution is 6.29. The van der Waals surface area contributed by atoms with Gasteiger partial charge in [0.15, 0.2) is 0 Å². The Kier molecular flexibility index (Phi) is 6.24. The third-order valence-corrected chi connectivity index (χ3v) is 5.54. The lowest BCUT2D eigenvalue weighted by molar-refractivity contribution is -0.137. The van der Waals surface area contributed by atoms with E-state index in [1.54, 1.807) is 0 Å². The summed E-state index contributed by atoms with van der Waals surface area (Å²) >= 11 is 5.58. The van der Waals surface area contributed by atoms with Crippen molar-refractivity contribution in [1.82, 2.24) is 9.88 Å². The first-order chi connectivity index (χ1) is 14.0. The predicted molar refractivity (Wildman–Crippen MR) is 108 cm³/mol. The molecular formula is C20H21ClF4N4O. The molecule has 1 fully saturated rings. The number of carbonyl (C=O) groups excluding carboxylic acids is 1. The average molecular weight is 445 g/mol. The number of halogens is 5. The summed E-state index contributed by atoms with van der Waals surface area (Å²) in [4.78, 5) is 20.4. The van der Waals surface area contributed by atoms with Gasteiger partial charge in [0.2, 0.25) is 0 Å². The molecule has 1 aliphatic heterocycles. The summed E-state index contributed by atoms with van der Waals surface area (Å²) in [5.74, 6) is -1.51. The molecule has 2 atom stereocenters. The van der Waals surface area contributed by atoms with Crippen molar-refractivity contribution in [2.24, 2.45) is 0 Å². The number of likely N-dealkylation sites (N-methyl/N-ethyl adjacent to an activating group) is 1. The van der Waals surface area contributed by atoms with Gasteiger partial charge in [-0.3, -0.25) is 9.69 Å². The van der Waals surface area contributed by atoms with Gasteiger partial charge in [-0.05, 0) is 45.2 Å². The number of hydrogen-bond acceptors (Lipinski definition) is 4. The highest BCUT2D eigenvalue weighted by atomic mass is 35.5. The van der Waals surface area contributed by atoms with Crippen LogP contribution in [0.2, 0.25) is 5.15 Å². The fraction of sp³-hybridized carbons (Fsp3) is 0.400. The van der Waals surface area contributed by atoms with Crippen LogP contribution in [0.15, 0.2) is 30.5 Å². The van der Waals surface area contributed by atoms with E-state index in [0.29, 0.717) is 24.8 Å². The molecule has 0 spiro atoms. The van der Waals surface area contributed by atoms with E-state index in [-0.39, 0.29) is 22.9 Å². The molecule has 1 saturated heterocycles. The summed E-state index contributed by atoms with van der Waals surface area (Å²) in [5, 5.41) is 2.11. The van der Waals surface area contributed by atoms with Crippen molar-refractivity contribution in [1.29, 1.82) is 0 Å². The van der Waals surface area contributed by atoms with Gasteiger partial charge in [-0.15, -0.1) is 0 Å². The number of anilines is 2. The highest BCUT2D eigenvalue weighted by Gasteiger charge is 2.36. The molecule has 1 N–H and O–H groups in total. The maximum absolute atomic E-state index is 14.0. The summed E-state index contributed by atoms with van der Waals surface area (Å²) in [7, 11) is 1.99. The monoisotopic (exact) mass is 444 g/mol. The second-order valence-corrected chi connectivity index (χ2v) is 7.82. The van der Waals surface area contributed by atoms with Gasteiger partial charge >= 0.3 is 6.18 Å². The number of amides is 1. The molecule has 0 unspecified atom stereocenters. The zero-order valence-electron chi connectivity index (χ0n) is 16.6. The summed E-state index contributed by atoms with van der Waals surface area (Å²) in [6.45, 7) is 5.19. The molecule has 1 aromatic heterocycles. The van der Waals surface area contributed by atoms with E-state index in [1.165, 1.54) is 12.1 Å². The minimum atomic E-state index is -4.78. The van der Waals surface area contributed by atoms with E-state index in [9.17, 15) is 22.4 Å². The fourth-order valence-electron chi connectivity index (χ4n) is 3.51. The zero-order chi connectivity index (χ0) is 22.2. The van der Waals surface area contributed by atoms with Crippen LogP contribution in [0, 0.1) is 5.82 Å². The lowest BCUT2D eigenvalue weighted by atomic mass is 10.1. The van der Waals surface area contributed by atoms with Crippen LogP contribution in [-0.4, -0.2) is 48.0 Å². The summed E-state index contributed by atoms with van der Waals surface area (Å²) < 4.78 is 54.0. The Hall–Kier alpha value is -2.39. The van der Waals surface area contributed by atoms with Crippen molar-refractivity contribution in [2.45, 2.75) is 32.1 Å².